The van der Waals surface area contributed by atoms with Gasteiger partial charge >= 0.3 is 11.9 Å². The number of methoxy groups -OCH3 is 1. The van der Waals surface area contributed by atoms with E-state index in [-0.39, 0.29) is 6.61 Å². The smallest absolute Gasteiger partial charge is 0.336 e. The fraction of sp³-hybridized carbons (Fsp3) is 0.429. The zero-order chi connectivity index (χ0) is 22.1. The van der Waals surface area contributed by atoms with Crippen molar-refractivity contribution in [1.29, 1.82) is 0 Å². The quantitative estimate of drug-likeness (QED) is 0.333. The third-order valence-corrected chi connectivity index (χ3v) is 5.93. The lowest BCUT2D eigenvalue weighted by atomic mass is 9.75. The minimum atomic E-state index is -0.792. The van der Waals surface area contributed by atoms with Crippen LogP contribution in [0.25, 0.3) is 0 Å². The SMILES string of the molecule is CCOC(=O)C1=C(CSCCNC=O)N=C(C)C(C(=O)OC)C1c1ccccc1Cl. The molecule has 0 saturated heterocycles. The normalized spacial score (nSPS) is 18.5. The molecule has 0 saturated carbocycles. The van der Waals surface area contributed by atoms with Crippen molar-refractivity contribution in [2.45, 2.75) is 19.8 Å². The lowest BCUT2D eigenvalue weighted by Gasteiger charge is -2.32. The lowest BCUT2D eigenvalue weighted by Crippen LogP contribution is -2.37. The highest BCUT2D eigenvalue weighted by Gasteiger charge is 2.43. The standard InChI is InChI=1S/C21H25ClN2O5S/c1-4-29-21(27)19-16(11-30-10-9-23-12-25)24-13(2)17(20(26)28-3)18(19)14-7-5-6-8-15(14)22/h5-8,12,17-18H,4,9-11H2,1-3H3,(H,23,25). The number of rotatable bonds is 10. The van der Waals surface area contributed by atoms with E-state index in [4.69, 9.17) is 21.1 Å². The number of ether oxygens (including phenoxy) is 2. The van der Waals surface area contributed by atoms with Crippen molar-refractivity contribution >= 4 is 47.4 Å². The second kappa shape index (κ2) is 11.8. The number of nitrogens with zero attached hydrogens (tertiary/aromatic N) is 1. The Labute approximate surface area is 185 Å². The maximum atomic E-state index is 13.0. The van der Waals surface area contributed by atoms with Crippen LogP contribution < -0.4 is 5.32 Å². The van der Waals surface area contributed by atoms with Gasteiger partial charge in [-0.3, -0.25) is 14.6 Å². The number of carbonyl (C=O) groups excluding carboxylic acids is 3. The van der Waals surface area contributed by atoms with E-state index in [1.54, 1.807) is 38.1 Å². The van der Waals surface area contributed by atoms with Crippen LogP contribution in [0.3, 0.4) is 0 Å². The Balaban J connectivity index is 2.56. The third kappa shape index (κ3) is 5.64. The predicted molar refractivity (Wildman–Crippen MR) is 118 cm³/mol. The summed E-state index contributed by atoms with van der Waals surface area (Å²) in [7, 11) is 1.30. The minimum absolute atomic E-state index is 0.187. The van der Waals surface area contributed by atoms with Crippen LogP contribution in [0.15, 0.2) is 40.5 Å². The van der Waals surface area contributed by atoms with Crippen molar-refractivity contribution in [2.24, 2.45) is 10.9 Å². The van der Waals surface area contributed by atoms with Gasteiger partial charge in [0.2, 0.25) is 6.41 Å². The van der Waals surface area contributed by atoms with Crippen LogP contribution >= 0.6 is 23.4 Å². The summed E-state index contributed by atoms with van der Waals surface area (Å²) < 4.78 is 10.3. The van der Waals surface area contributed by atoms with Gasteiger partial charge in [-0.25, -0.2) is 4.79 Å². The topological polar surface area (TPSA) is 94.1 Å². The van der Waals surface area contributed by atoms with E-state index in [1.807, 2.05) is 0 Å². The number of hydrogen-bond donors (Lipinski definition) is 1. The minimum Gasteiger partial charge on any atom is -0.468 e. The van der Waals surface area contributed by atoms with Crippen LogP contribution in [-0.4, -0.2) is 55.8 Å². The van der Waals surface area contributed by atoms with Crippen LogP contribution in [0.5, 0.6) is 0 Å². The lowest BCUT2D eigenvalue weighted by molar-refractivity contribution is -0.144. The molecule has 0 fully saturated rings. The van der Waals surface area contributed by atoms with Gasteiger partial charge in [0.05, 0.1) is 25.0 Å². The van der Waals surface area contributed by atoms with Gasteiger partial charge in [0, 0.05) is 34.7 Å². The Kier molecular flexibility index (Phi) is 9.39. The molecule has 2 atom stereocenters. The zero-order valence-electron chi connectivity index (χ0n) is 17.1. The molecule has 7 nitrogen and oxygen atoms in total. The molecule has 1 amide bonds. The van der Waals surface area contributed by atoms with E-state index in [0.717, 1.165) is 0 Å². The molecule has 9 heteroatoms. The van der Waals surface area contributed by atoms with Gasteiger partial charge in [-0.1, -0.05) is 29.8 Å². The second-order valence-corrected chi connectivity index (χ2v) is 7.97. The number of hydrogen-bond acceptors (Lipinski definition) is 7. The van der Waals surface area contributed by atoms with Gasteiger partial charge in [0.15, 0.2) is 0 Å². The first kappa shape index (κ1) is 24.0. The summed E-state index contributed by atoms with van der Waals surface area (Å²) in [6.45, 7) is 4.15. The number of carbonyl (C=O) groups is 3. The number of amides is 1. The van der Waals surface area contributed by atoms with Crippen LogP contribution in [0.1, 0.15) is 25.3 Å². The van der Waals surface area contributed by atoms with Gasteiger partial charge in [0.1, 0.15) is 5.92 Å². The molecule has 0 radical (unpaired) electrons. The predicted octanol–water partition coefficient (Wildman–Crippen LogP) is 2.98. The largest absolute Gasteiger partial charge is 0.468 e. The average molecular weight is 453 g/mol. The van der Waals surface area contributed by atoms with Crippen LogP contribution in [-0.2, 0) is 23.9 Å². The van der Waals surface area contributed by atoms with Crippen LogP contribution in [0.2, 0.25) is 5.02 Å². The maximum Gasteiger partial charge on any atom is 0.336 e. The van der Waals surface area contributed by atoms with Crippen LogP contribution in [0, 0.1) is 5.92 Å². The van der Waals surface area contributed by atoms with Gasteiger partial charge in [-0.05, 0) is 25.5 Å². The molecule has 30 heavy (non-hydrogen) atoms. The summed E-state index contributed by atoms with van der Waals surface area (Å²) in [6.07, 6.45) is 0.640. The first-order valence-corrected chi connectivity index (χ1v) is 11.0. The molecule has 1 heterocycles. The van der Waals surface area contributed by atoms with Gasteiger partial charge < -0.3 is 14.8 Å². The molecule has 0 spiro atoms. The number of halogens is 1. The molecule has 1 aliphatic heterocycles. The highest BCUT2D eigenvalue weighted by atomic mass is 35.5. The maximum absolute atomic E-state index is 13.0. The molecule has 1 N–H and O–H groups in total. The van der Waals surface area contributed by atoms with E-state index >= 15 is 0 Å². The van der Waals surface area contributed by atoms with Crippen molar-refractivity contribution in [2.75, 3.05) is 31.8 Å². The number of benzene rings is 1. The Morgan fingerprint density at radius 3 is 2.70 bits per heavy atom. The Bertz CT molecular complexity index is 856. The molecule has 2 rings (SSSR count). The zero-order valence-corrected chi connectivity index (χ0v) is 18.7. The van der Waals surface area contributed by atoms with Crippen molar-refractivity contribution < 1.29 is 23.9 Å². The number of esters is 2. The highest BCUT2D eigenvalue weighted by molar-refractivity contribution is 7.99. The summed E-state index contributed by atoms with van der Waals surface area (Å²) >= 11 is 7.98. The molecule has 1 aliphatic rings. The summed E-state index contributed by atoms with van der Waals surface area (Å²) in [6, 6.07) is 7.10. The molecule has 0 bridgehead atoms. The number of thioether (sulfide) groups is 1. The molecule has 0 aromatic heterocycles. The van der Waals surface area contributed by atoms with Crippen molar-refractivity contribution in [3.63, 3.8) is 0 Å². The van der Waals surface area contributed by atoms with Crippen molar-refractivity contribution in [3.8, 4) is 0 Å². The van der Waals surface area contributed by atoms with E-state index in [2.05, 4.69) is 10.3 Å². The highest BCUT2D eigenvalue weighted by Crippen LogP contribution is 2.43. The van der Waals surface area contributed by atoms with Gasteiger partial charge in [0.25, 0.3) is 0 Å². The van der Waals surface area contributed by atoms with Crippen molar-refractivity contribution in [1.82, 2.24) is 5.32 Å². The first-order valence-electron chi connectivity index (χ1n) is 9.48. The molecule has 1 aromatic carbocycles. The monoisotopic (exact) mass is 452 g/mol. The van der Waals surface area contributed by atoms with Crippen LogP contribution in [0.4, 0.5) is 0 Å². The molecular weight excluding hydrogens is 428 g/mol. The fourth-order valence-electron chi connectivity index (χ4n) is 3.35. The average Bonchev–Trinajstić information content (AvgIpc) is 2.73. The van der Waals surface area contributed by atoms with Gasteiger partial charge in [-0.2, -0.15) is 11.8 Å². The van der Waals surface area contributed by atoms with E-state index in [9.17, 15) is 14.4 Å². The molecule has 1 aromatic rings. The second-order valence-electron chi connectivity index (χ2n) is 6.46. The van der Waals surface area contributed by atoms with E-state index < -0.39 is 23.8 Å². The van der Waals surface area contributed by atoms with E-state index in [1.165, 1.54) is 18.9 Å². The molecule has 2 unspecified atom stereocenters. The summed E-state index contributed by atoms with van der Waals surface area (Å²) in [5.41, 5.74) is 2.02. The fourth-order valence-corrected chi connectivity index (χ4v) is 4.42. The van der Waals surface area contributed by atoms with E-state index in [0.29, 0.717) is 52.0 Å². The Morgan fingerprint density at radius 1 is 1.33 bits per heavy atom. The first-order chi connectivity index (χ1) is 14.5. The summed E-state index contributed by atoms with van der Waals surface area (Å²) in [5.74, 6) is -1.43. The molecular formula is C21H25ClN2O5S. The summed E-state index contributed by atoms with van der Waals surface area (Å²) in [5, 5.41) is 3.04. The van der Waals surface area contributed by atoms with Gasteiger partial charge in [-0.15, -0.1) is 0 Å². The summed E-state index contributed by atoms with van der Waals surface area (Å²) in [4.78, 5) is 40.7. The number of aliphatic imine (C=N–C) groups is 1. The third-order valence-electron chi connectivity index (χ3n) is 4.62. The number of nitrogens with one attached hydrogen (secondary N) is 1. The Hall–Kier alpha value is -2.32. The molecule has 162 valence electrons. The Morgan fingerprint density at radius 2 is 2.07 bits per heavy atom. The molecule has 0 aliphatic carbocycles. The van der Waals surface area contributed by atoms with Crippen molar-refractivity contribution in [3.05, 3.63) is 46.1 Å².